The van der Waals surface area contributed by atoms with Gasteiger partial charge >= 0.3 is 0 Å². The first-order valence-electron chi connectivity index (χ1n) is 9.17. The Balaban J connectivity index is 1.31. The average molecular weight is 344 g/mol. The number of benzene rings is 3. The Labute approximate surface area is 155 Å². The fourth-order valence-electron chi connectivity index (χ4n) is 3.50. The zero-order valence-electron chi connectivity index (χ0n) is 15.1. The van der Waals surface area contributed by atoms with Crippen LogP contribution in [0.3, 0.4) is 0 Å². The third-order valence-corrected chi connectivity index (χ3v) is 5.13. The molecule has 0 heterocycles. The van der Waals surface area contributed by atoms with Crippen molar-refractivity contribution in [2.45, 2.75) is 25.9 Å². The maximum absolute atomic E-state index is 6.05. The summed E-state index contributed by atoms with van der Waals surface area (Å²) in [4.78, 5) is 0. The molecule has 0 radical (unpaired) electrons. The minimum absolute atomic E-state index is 0.263. The summed E-state index contributed by atoms with van der Waals surface area (Å²) in [5.74, 6) is 2.32. The van der Waals surface area contributed by atoms with E-state index in [-0.39, 0.29) is 5.41 Å². The standard InChI is InChI=1S/C24H24O2/c1-24(16-23(24)20-10-4-2-5-11-20)18-25-17-19-9-8-14-22(15-19)26-21-12-6-3-7-13-21/h2-15,23H,16-18H2,1H3/t23-,24-/m1/s1. The van der Waals surface area contributed by atoms with Crippen molar-refractivity contribution in [2.24, 2.45) is 5.41 Å². The molecule has 0 amide bonds. The number of hydrogen-bond donors (Lipinski definition) is 0. The normalized spacial score (nSPS) is 21.3. The Morgan fingerprint density at radius 3 is 2.31 bits per heavy atom. The van der Waals surface area contributed by atoms with E-state index in [4.69, 9.17) is 9.47 Å². The largest absolute Gasteiger partial charge is 0.457 e. The number of para-hydroxylation sites is 1. The summed E-state index contributed by atoms with van der Waals surface area (Å²) in [6.07, 6.45) is 1.20. The molecule has 0 N–H and O–H groups in total. The third-order valence-electron chi connectivity index (χ3n) is 5.13. The molecule has 0 spiro atoms. The van der Waals surface area contributed by atoms with Crippen molar-refractivity contribution < 1.29 is 9.47 Å². The Morgan fingerprint density at radius 2 is 1.54 bits per heavy atom. The second-order valence-corrected chi connectivity index (χ2v) is 7.38. The number of hydrogen-bond acceptors (Lipinski definition) is 2. The van der Waals surface area contributed by atoms with Crippen LogP contribution in [0.15, 0.2) is 84.9 Å². The van der Waals surface area contributed by atoms with Crippen LogP contribution in [-0.4, -0.2) is 6.61 Å². The van der Waals surface area contributed by atoms with E-state index < -0.39 is 0 Å². The SMILES string of the molecule is C[C@]1(COCc2cccc(Oc3ccccc3)c2)C[C@@H]1c1ccccc1. The van der Waals surface area contributed by atoms with Crippen LogP contribution in [0.1, 0.15) is 30.4 Å². The van der Waals surface area contributed by atoms with Crippen LogP contribution in [0.2, 0.25) is 0 Å². The van der Waals surface area contributed by atoms with Gasteiger partial charge in [0, 0.05) is 0 Å². The smallest absolute Gasteiger partial charge is 0.127 e. The number of ether oxygens (including phenoxy) is 2. The lowest BCUT2D eigenvalue weighted by Crippen LogP contribution is -2.08. The lowest BCUT2D eigenvalue weighted by Gasteiger charge is -2.13. The van der Waals surface area contributed by atoms with Gasteiger partial charge in [-0.2, -0.15) is 0 Å². The summed E-state index contributed by atoms with van der Waals surface area (Å²) in [7, 11) is 0. The van der Waals surface area contributed by atoms with E-state index >= 15 is 0 Å². The van der Waals surface area contributed by atoms with Crippen LogP contribution >= 0.6 is 0 Å². The van der Waals surface area contributed by atoms with Crippen LogP contribution in [0.4, 0.5) is 0 Å². The van der Waals surface area contributed by atoms with Crippen molar-refractivity contribution in [3.63, 3.8) is 0 Å². The minimum atomic E-state index is 0.263. The highest BCUT2D eigenvalue weighted by molar-refractivity contribution is 5.34. The molecule has 1 fully saturated rings. The van der Waals surface area contributed by atoms with Crippen molar-refractivity contribution in [1.29, 1.82) is 0 Å². The molecule has 132 valence electrons. The second kappa shape index (κ2) is 7.35. The minimum Gasteiger partial charge on any atom is -0.457 e. The summed E-state index contributed by atoms with van der Waals surface area (Å²) in [5.41, 5.74) is 2.83. The third kappa shape index (κ3) is 3.97. The molecule has 26 heavy (non-hydrogen) atoms. The van der Waals surface area contributed by atoms with Gasteiger partial charge in [-0.25, -0.2) is 0 Å². The van der Waals surface area contributed by atoms with Gasteiger partial charge in [-0.05, 0) is 53.1 Å². The molecule has 2 nitrogen and oxygen atoms in total. The van der Waals surface area contributed by atoms with E-state index in [0.717, 1.165) is 23.7 Å². The van der Waals surface area contributed by atoms with Crippen molar-refractivity contribution in [1.82, 2.24) is 0 Å². The van der Waals surface area contributed by atoms with E-state index in [1.54, 1.807) is 0 Å². The van der Waals surface area contributed by atoms with Gasteiger partial charge in [0.25, 0.3) is 0 Å². The van der Waals surface area contributed by atoms with Gasteiger partial charge in [-0.3, -0.25) is 0 Å². The molecule has 4 rings (SSSR count). The lowest BCUT2D eigenvalue weighted by molar-refractivity contribution is 0.0819. The second-order valence-electron chi connectivity index (χ2n) is 7.38. The molecule has 0 aromatic heterocycles. The first kappa shape index (κ1) is 16.9. The summed E-state index contributed by atoms with van der Waals surface area (Å²) in [6.45, 7) is 3.72. The monoisotopic (exact) mass is 344 g/mol. The van der Waals surface area contributed by atoms with E-state index in [1.807, 2.05) is 42.5 Å². The van der Waals surface area contributed by atoms with E-state index in [2.05, 4.69) is 49.4 Å². The van der Waals surface area contributed by atoms with Crippen LogP contribution < -0.4 is 4.74 Å². The Morgan fingerprint density at radius 1 is 0.846 bits per heavy atom. The van der Waals surface area contributed by atoms with Gasteiger partial charge in [-0.15, -0.1) is 0 Å². The van der Waals surface area contributed by atoms with Gasteiger partial charge in [0.15, 0.2) is 0 Å². The zero-order chi connectivity index (χ0) is 17.8. The van der Waals surface area contributed by atoms with Gasteiger partial charge in [0.2, 0.25) is 0 Å². The molecule has 2 atom stereocenters. The van der Waals surface area contributed by atoms with E-state index in [0.29, 0.717) is 12.5 Å². The Bertz CT molecular complexity index is 844. The van der Waals surface area contributed by atoms with Crippen LogP contribution in [-0.2, 0) is 11.3 Å². The summed E-state index contributed by atoms with van der Waals surface area (Å²) in [5, 5.41) is 0. The van der Waals surface area contributed by atoms with Crippen LogP contribution in [0.25, 0.3) is 0 Å². The summed E-state index contributed by atoms with van der Waals surface area (Å²) in [6, 6.07) is 28.7. The highest BCUT2D eigenvalue weighted by atomic mass is 16.5. The molecule has 1 aliphatic rings. The predicted octanol–water partition coefficient (Wildman–Crippen LogP) is 6.19. The topological polar surface area (TPSA) is 18.5 Å². The van der Waals surface area contributed by atoms with Crippen molar-refractivity contribution in [3.05, 3.63) is 96.1 Å². The highest BCUT2D eigenvalue weighted by Gasteiger charge is 2.50. The molecule has 3 aromatic carbocycles. The molecule has 0 unspecified atom stereocenters. The Kier molecular flexibility index (Phi) is 4.77. The molecule has 1 aliphatic carbocycles. The molecular weight excluding hydrogens is 320 g/mol. The molecule has 2 heteroatoms. The van der Waals surface area contributed by atoms with Crippen molar-refractivity contribution >= 4 is 0 Å². The van der Waals surface area contributed by atoms with Crippen LogP contribution in [0.5, 0.6) is 11.5 Å². The fraction of sp³-hybridized carbons (Fsp3) is 0.250. The molecule has 0 aliphatic heterocycles. The van der Waals surface area contributed by atoms with Crippen molar-refractivity contribution in [3.8, 4) is 11.5 Å². The maximum atomic E-state index is 6.05. The van der Waals surface area contributed by atoms with Gasteiger partial charge in [0.05, 0.1) is 13.2 Å². The number of rotatable bonds is 7. The fourth-order valence-corrected chi connectivity index (χ4v) is 3.50. The Hall–Kier alpha value is -2.58. The van der Waals surface area contributed by atoms with Gasteiger partial charge in [-0.1, -0.05) is 67.6 Å². The zero-order valence-corrected chi connectivity index (χ0v) is 15.1. The molecule has 1 saturated carbocycles. The lowest BCUT2D eigenvalue weighted by atomic mass is 10.0. The maximum Gasteiger partial charge on any atom is 0.127 e. The predicted molar refractivity (Wildman–Crippen MR) is 105 cm³/mol. The van der Waals surface area contributed by atoms with E-state index in [1.165, 1.54) is 12.0 Å². The molecule has 3 aromatic rings. The first-order valence-corrected chi connectivity index (χ1v) is 9.17. The first-order chi connectivity index (χ1) is 12.7. The van der Waals surface area contributed by atoms with Crippen molar-refractivity contribution in [2.75, 3.05) is 6.61 Å². The average Bonchev–Trinajstić information content (AvgIpc) is 3.35. The highest BCUT2D eigenvalue weighted by Crippen LogP contribution is 2.59. The summed E-state index contributed by atoms with van der Waals surface area (Å²) >= 11 is 0. The van der Waals surface area contributed by atoms with Gasteiger partial charge in [0.1, 0.15) is 11.5 Å². The molecule has 0 bridgehead atoms. The van der Waals surface area contributed by atoms with E-state index in [9.17, 15) is 0 Å². The quantitative estimate of drug-likeness (QED) is 0.509. The van der Waals surface area contributed by atoms with Crippen LogP contribution in [0, 0.1) is 5.41 Å². The van der Waals surface area contributed by atoms with Gasteiger partial charge < -0.3 is 9.47 Å². The summed E-state index contributed by atoms with van der Waals surface area (Å²) < 4.78 is 11.9. The molecular formula is C24H24O2. The molecule has 0 saturated heterocycles.